The third-order valence-electron chi connectivity index (χ3n) is 12.2. The van der Waals surface area contributed by atoms with Crippen LogP contribution in [0, 0.1) is 56.7 Å². The van der Waals surface area contributed by atoms with Crippen LogP contribution in [0.3, 0.4) is 0 Å². The maximum atomic E-state index is 14.1. The SMILES string of the molecule is C[C@H]1C(=O)CC[C@H]2[C@]3(C)CC[C@@H]4C[C@@H]5CC(C)(C)CC[C@]5(C)C[C@]4(C)[C@@H]3C(=O)C[C@]12C=O. The highest BCUT2D eigenvalue weighted by Crippen LogP contribution is 2.73. The van der Waals surface area contributed by atoms with E-state index in [1.54, 1.807) is 0 Å². The summed E-state index contributed by atoms with van der Waals surface area (Å²) in [7, 11) is 0. The van der Waals surface area contributed by atoms with E-state index in [1.165, 1.54) is 32.1 Å². The van der Waals surface area contributed by atoms with Crippen LogP contribution >= 0.6 is 0 Å². The summed E-state index contributed by atoms with van der Waals surface area (Å²) in [5.74, 6) is 1.75. The molecule has 0 radical (unpaired) electrons. The standard InChI is InChI=1S/C29H44O3/c1-18-21(31)7-8-23-27(5)10-9-19-13-20-14-25(2,3)11-12-26(20,4)16-28(19,6)24(27)22(32)15-29(18,23)17-30/h17-20,23-24H,7-16H2,1-6H3/t18-,19+,20+,23-,24+,26+,27-,28-,29-/m0/s1. The molecule has 0 heterocycles. The number of fused-ring (bicyclic) bond motifs is 6. The topological polar surface area (TPSA) is 51.2 Å². The summed E-state index contributed by atoms with van der Waals surface area (Å²) < 4.78 is 0. The molecule has 0 spiro atoms. The molecule has 9 atom stereocenters. The molecule has 0 unspecified atom stereocenters. The van der Waals surface area contributed by atoms with E-state index in [4.69, 9.17) is 0 Å². The third kappa shape index (κ3) is 2.81. The minimum atomic E-state index is -0.767. The second-order valence-electron chi connectivity index (χ2n) is 14.5. The summed E-state index contributed by atoms with van der Waals surface area (Å²) in [5, 5.41) is 0. The van der Waals surface area contributed by atoms with E-state index in [0.29, 0.717) is 35.4 Å². The van der Waals surface area contributed by atoms with Crippen LogP contribution in [0.4, 0.5) is 0 Å². The lowest BCUT2D eigenvalue weighted by Gasteiger charge is -2.69. The predicted molar refractivity (Wildman–Crippen MR) is 126 cm³/mol. The van der Waals surface area contributed by atoms with E-state index in [0.717, 1.165) is 31.5 Å². The highest BCUT2D eigenvalue weighted by molar-refractivity contribution is 5.93. The van der Waals surface area contributed by atoms with Crippen molar-refractivity contribution < 1.29 is 14.4 Å². The van der Waals surface area contributed by atoms with Gasteiger partial charge in [0.15, 0.2) is 0 Å². The van der Waals surface area contributed by atoms with Gasteiger partial charge in [-0.3, -0.25) is 9.59 Å². The van der Waals surface area contributed by atoms with Gasteiger partial charge in [0, 0.05) is 30.1 Å². The molecule has 3 nitrogen and oxygen atoms in total. The smallest absolute Gasteiger partial charge is 0.138 e. The van der Waals surface area contributed by atoms with Gasteiger partial charge in [-0.05, 0) is 90.8 Å². The third-order valence-corrected chi connectivity index (χ3v) is 12.2. The Balaban J connectivity index is 1.55. The normalized spacial score (nSPS) is 54.6. The Morgan fingerprint density at radius 3 is 2.28 bits per heavy atom. The van der Waals surface area contributed by atoms with Gasteiger partial charge in [0.1, 0.15) is 17.9 Å². The van der Waals surface area contributed by atoms with E-state index < -0.39 is 5.41 Å². The molecule has 3 heteroatoms. The highest BCUT2D eigenvalue weighted by atomic mass is 16.1. The van der Waals surface area contributed by atoms with Crippen LogP contribution in [0.25, 0.3) is 0 Å². The van der Waals surface area contributed by atoms with Crippen LogP contribution in [-0.4, -0.2) is 17.9 Å². The number of carbonyl (C=O) groups excluding carboxylic acids is 3. The summed E-state index contributed by atoms with van der Waals surface area (Å²) in [4.78, 5) is 39.3. The Labute approximate surface area is 194 Å². The summed E-state index contributed by atoms with van der Waals surface area (Å²) >= 11 is 0. The molecule has 0 saturated heterocycles. The van der Waals surface area contributed by atoms with E-state index in [9.17, 15) is 14.4 Å². The van der Waals surface area contributed by atoms with Crippen molar-refractivity contribution in [2.75, 3.05) is 0 Å². The quantitative estimate of drug-likeness (QED) is 0.442. The van der Waals surface area contributed by atoms with Crippen LogP contribution in [0.5, 0.6) is 0 Å². The molecule has 178 valence electrons. The first-order valence-electron chi connectivity index (χ1n) is 13.3. The molecule has 5 aliphatic rings. The summed E-state index contributed by atoms with van der Waals surface area (Å²) in [5.41, 5.74) is -0.134. The maximum absolute atomic E-state index is 14.1. The highest BCUT2D eigenvalue weighted by Gasteiger charge is 2.70. The fourth-order valence-corrected chi connectivity index (χ4v) is 10.6. The van der Waals surface area contributed by atoms with Gasteiger partial charge in [0.05, 0.1) is 0 Å². The summed E-state index contributed by atoms with van der Waals surface area (Å²) in [6.45, 7) is 14.1. The van der Waals surface area contributed by atoms with Gasteiger partial charge in [0.2, 0.25) is 0 Å². The minimum Gasteiger partial charge on any atom is -0.303 e. The minimum absolute atomic E-state index is 0.0244. The molecule has 5 fully saturated rings. The van der Waals surface area contributed by atoms with Crippen molar-refractivity contribution in [2.24, 2.45) is 56.7 Å². The van der Waals surface area contributed by atoms with Crippen LogP contribution in [0.15, 0.2) is 0 Å². The first-order valence-corrected chi connectivity index (χ1v) is 13.3. The molecule has 0 aromatic heterocycles. The molecule has 0 bridgehead atoms. The average molecular weight is 441 g/mol. The van der Waals surface area contributed by atoms with Crippen molar-refractivity contribution in [2.45, 2.75) is 106 Å². The van der Waals surface area contributed by atoms with Crippen LogP contribution < -0.4 is 0 Å². The van der Waals surface area contributed by atoms with Crippen molar-refractivity contribution >= 4 is 17.9 Å². The molecular formula is C29H44O3. The Morgan fingerprint density at radius 1 is 0.875 bits per heavy atom. The first kappa shape index (κ1) is 22.8. The maximum Gasteiger partial charge on any atom is 0.138 e. The lowest BCUT2D eigenvalue weighted by atomic mass is 9.34. The van der Waals surface area contributed by atoms with Gasteiger partial charge in [-0.2, -0.15) is 0 Å². The van der Waals surface area contributed by atoms with E-state index in [2.05, 4.69) is 34.6 Å². The molecule has 32 heavy (non-hydrogen) atoms. The molecule has 0 aliphatic heterocycles. The molecule has 5 rings (SSSR count). The lowest BCUT2D eigenvalue weighted by molar-refractivity contribution is -0.209. The van der Waals surface area contributed by atoms with Crippen molar-refractivity contribution in [3.63, 3.8) is 0 Å². The zero-order valence-corrected chi connectivity index (χ0v) is 21.3. The van der Waals surface area contributed by atoms with Crippen molar-refractivity contribution in [1.82, 2.24) is 0 Å². The average Bonchev–Trinajstić information content (AvgIpc) is 2.69. The van der Waals surface area contributed by atoms with E-state index >= 15 is 0 Å². The number of rotatable bonds is 1. The van der Waals surface area contributed by atoms with Gasteiger partial charge < -0.3 is 4.79 Å². The van der Waals surface area contributed by atoms with E-state index in [-0.39, 0.29) is 34.4 Å². The number of aldehydes is 1. The van der Waals surface area contributed by atoms with Gasteiger partial charge >= 0.3 is 0 Å². The predicted octanol–water partition coefficient (Wildman–Crippen LogP) is 6.42. The van der Waals surface area contributed by atoms with Crippen LogP contribution in [-0.2, 0) is 14.4 Å². The molecule has 0 aromatic rings. The van der Waals surface area contributed by atoms with Gasteiger partial charge in [-0.25, -0.2) is 0 Å². The fraction of sp³-hybridized carbons (Fsp3) is 0.897. The number of ketones is 2. The van der Waals surface area contributed by atoms with Gasteiger partial charge in [-0.1, -0.05) is 41.5 Å². The van der Waals surface area contributed by atoms with Crippen LogP contribution in [0.2, 0.25) is 0 Å². The Hall–Kier alpha value is -0.990. The first-order chi connectivity index (χ1) is 14.8. The fourth-order valence-electron chi connectivity index (χ4n) is 10.6. The lowest BCUT2D eigenvalue weighted by Crippen LogP contribution is -2.67. The zero-order valence-electron chi connectivity index (χ0n) is 21.3. The van der Waals surface area contributed by atoms with Crippen molar-refractivity contribution in [1.29, 1.82) is 0 Å². The molecule has 5 aliphatic carbocycles. The Kier molecular flexibility index (Phi) is 4.83. The summed E-state index contributed by atoms with van der Waals surface area (Å²) in [6.07, 6.45) is 11.2. The van der Waals surface area contributed by atoms with E-state index in [1.807, 2.05) is 6.92 Å². The molecule has 0 aromatic carbocycles. The zero-order chi connectivity index (χ0) is 23.3. The second-order valence-corrected chi connectivity index (χ2v) is 14.5. The number of Topliss-reactive ketones (excluding diaryl/α,β-unsaturated/α-hetero) is 2. The summed E-state index contributed by atoms with van der Waals surface area (Å²) in [6, 6.07) is 0. The number of hydrogen-bond acceptors (Lipinski definition) is 3. The molecule has 0 N–H and O–H groups in total. The second kappa shape index (κ2) is 6.79. The monoisotopic (exact) mass is 440 g/mol. The Bertz CT molecular complexity index is 858. The molecular weight excluding hydrogens is 396 g/mol. The van der Waals surface area contributed by atoms with Crippen LogP contribution in [0.1, 0.15) is 106 Å². The number of carbonyl (C=O) groups is 3. The van der Waals surface area contributed by atoms with Crippen molar-refractivity contribution in [3.8, 4) is 0 Å². The Morgan fingerprint density at radius 2 is 1.59 bits per heavy atom. The van der Waals surface area contributed by atoms with Gasteiger partial charge in [0.25, 0.3) is 0 Å². The largest absolute Gasteiger partial charge is 0.303 e. The van der Waals surface area contributed by atoms with Gasteiger partial charge in [-0.15, -0.1) is 0 Å². The van der Waals surface area contributed by atoms with Crippen molar-refractivity contribution in [3.05, 3.63) is 0 Å². The molecule has 5 saturated carbocycles. The molecule has 0 amide bonds. The number of hydrogen-bond donors (Lipinski definition) is 0.